The van der Waals surface area contributed by atoms with Crippen LogP contribution in [0.3, 0.4) is 0 Å². The first kappa shape index (κ1) is 10.0. The first-order chi connectivity index (χ1) is 6.19. The Morgan fingerprint density at radius 3 is 2.77 bits per heavy atom. The van der Waals surface area contributed by atoms with Gasteiger partial charge in [0.2, 0.25) is 0 Å². The minimum Gasteiger partial charge on any atom is -0.390 e. The van der Waals surface area contributed by atoms with Crippen LogP contribution in [0.2, 0.25) is 10.2 Å². The third-order valence-electron chi connectivity index (χ3n) is 1.36. The number of aliphatic imine (C=N–C) groups is 1. The molecule has 0 aromatic carbocycles. The highest BCUT2D eigenvalue weighted by molar-refractivity contribution is 6.35. The van der Waals surface area contributed by atoms with Gasteiger partial charge in [-0.25, -0.2) is 9.98 Å². The minimum atomic E-state index is 0.274. The van der Waals surface area contributed by atoms with E-state index in [1.54, 1.807) is 6.08 Å². The van der Waals surface area contributed by atoms with Gasteiger partial charge in [-0.05, 0) is 6.07 Å². The SMILES string of the molecule is C=Cc1c(Cl)cc(Cl)nc1N=CN. The smallest absolute Gasteiger partial charge is 0.163 e. The molecule has 0 amide bonds. The molecular formula is C8H7Cl2N3. The lowest BCUT2D eigenvalue weighted by Gasteiger charge is -2.02. The van der Waals surface area contributed by atoms with Gasteiger partial charge in [-0.1, -0.05) is 35.9 Å². The molecule has 0 fully saturated rings. The first-order valence-electron chi connectivity index (χ1n) is 3.41. The Hall–Kier alpha value is -1.06. The molecule has 0 bridgehead atoms. The number of aromatic nitrogens is 1. The number of halogens is 2. The molecule has 0 aliphatic heterocycles. The lowest BCUT2D eigenvalue weighted by Crippen LogP contribution is -1.90. The summed E-state index contributed by atoms with van der Waals surface area (Å²) in [7, 11) is 0. The second-order valence-corrected chi connectivity index (χ2v) is 2.94. The van der Waals surface area contributed by atoms with E-state index in [4.69, 9.17) is 28.9 Å². The van der Waals surface area contributed by atoms with Gasteiger partial charge in [-0.3, -0.25) is 0 Å². The van der Waals surface area contributed by atoms with Crippen molar-refractivity contribution >= 4 is 41.4 Å². The van der Waals surface area contributed by atoms with Gasteiger partial charge in [-0.15, -0.1) is 0 Å². The molecule has 0 saturated carbocycles. The summed E-state index contributed by atoms with van der Waals surface area (Å²) < 4.78 is 0. The molecule has 3 nitrogen and oxygen atoms in total. The number of hydrogen-bond acceptors (Lipinski definition) is 2. The lowest BCUT2D eigenvalue weighted by molar-refractivity contribution is 1.26. The first-order valence-corrected chi connectivity index (χ1v) is 4.17. The second kappa shape index (κ2) is 4.25. The molecule has 0 unspecified atom stereocenters. The molecule has 0 aliphatic carbocycles. The molecule has 13 heavy (non-hydrogen) atoms. The highest BCUT2D eigenvalue weighted by atomic mass is 35.5. The number of hydrogen-bond donors (Lipinski definition) is 1. The Kier molecular flexibility index (Phi) is 3.28. The summed E-state index contributed by atoms with van der Waals surface area (Å²) in [6, 6.07) is 1.52. The van der Waals surface area contributed by atoms with Crippen molar-refractivity contribution in [3.05, 3.63) is 28.4 Å². The molecule has 0 atom stereocenters. The maximum Gasteiger partial charge on any atom is 0.163 e. The van der Waals surface area contributed by atoms with E-state index in [0.717, 1.165) is 6.34 Å². The molecule has 1 aromatic heterocycles. The van der Waals surface area contributed by atoms with Gasteiger partial charge in [0, 0.05) is 5.56 Å². The summed E-state index contributed by atoms with van der Waals surface area (Å²) in [4.78, 5) is 7.73. The number of pyridine rings is 1. The fourth-order valence-corrected chi connectivity index (χ4v) is 1.35. The summed E-state index contributed by atoms with van der Waals surface area (Å²) in [5.41, 5.74) is 5.75. The average Bonchev–Trinajstić information content (AvgIpc) is 2.04. The Morgan fingerprint density at radius 2 is 2.23 bits per heavy atom. The van der Waals surface area contributed by atoms with E-state index in [2.05, 4.69) is 16.6 Å². The second-order valence-electron chi connectivity index (χ2n) is 2.15. The van der Waals surface area contributed by atoms with Crippen molar-refractivity contribution in [2.24, 2.45) is 10.7 Å². The highest BCUT2D eigenvalue weighted by Gasteiger charge is 2.06. The Labute approximate surface area is 85.9 Å². The van der Waals surface area contributed by atoms with Crippen LogP contribution < -0.4 is 5.73 Å². The van der Waals surface area contributed by atoms with Crippen LogP contribution in [0.1, 0.15) is 5.56 Å². The van der Waals surface area contributed by atoms with Crippen LogP contribution in [0.5, 0.6) is 0 Å². The highest BCUT2D eigenvalue weighted by Crippen LogP contribution is 2.28. The Balaban J connectivity index is 3.37. The maximum absolute atomic E-state index is 5.86. The molecule has 2 N–H and O–H groups in total. The van der Waals surface area contributed by atoms with Crippen molar-refractivity contribution in [1.29, 1.82) is 0 Å². The zero-order chi connectivity index (χ0) is 9.84. The van der Waals surface area contributed by atoms with E-state index in [-0.39, 0.29) is 5.15 Å². The summed E-state index contributed by atoms with van der Waals surface area (Å²) >= 11 is 11.5. The van der Waals surface area contributed by atoms with Crippen LogP contribution in [0.25, 0.3) is 6.08 Å². The summed E-state index contributed by atoms with van der Waals surface area (Å²) in [5, 5.41) is 0.729. The van der Waals surface area contributed by atoms with Crippen molar-refractivity contribution in [1.82, 2.24) is 4.98 Å². The lowest BCUT2D eigenvalue weighted by atomic mass is 10.2. The van der Waals surface area contributed by atoms with Crippen molar-refractivity contribution in [2.45, 2.75) is 0 Å². The topological polar surface area (TPSA) is 51.3 Å². The summed E-state index contributed by atoms with van der Waals surface area (Å²) in [6.45, 7) is 3.58. The standard InChI is InChI=1S/C8H7Cl2N3/c1-2-5-6(9)3-7(10)13-8(5)12-4-11/h2-4H,1H2,(H2,11,12,13). The zero-order valence-corrected chi connectivity index (χ0v) is 8.18. The molecule has 5 heteroatoms. The fourth-order valence-electron chi connectivity index (χ4n) is 0.841. The normalized spacial score (nSPS) is 10.6. The Morgan fingerprint density at radius 1 is 1.54 bits per heavy atom. The fraction of sp³-hybridized carbons (Fsp3) is 0. The molecule has 0 spiro atoms. The van der Waals surface area contributed by atoms with Crippen molar-refractivity contribution in [3.8, 4) is 0 Å². The van der Waals surface area contributed by atoms with E-state index < -0.39 is 0 Å². The molecule has 1 rings (SSSR count). The number of nitrogens with two attached hydrogens (primary N) is 1. The van der Waals surface area contributed by atoms with Crippen LogP contribution >= 0.6 is 23.2 Å². The average molecular weight is 216 g/mol. The van der Waals surface area contributed by atoms with Crippen molar-refractivity contribution in [3.63, 3.8) is 0 Å². The third kappa shape index (κ3) is 2.20. The predicted molar refractivity (Wildman–Crippen MR) is 56.7 cm³/mol. The van der Waals surface area contributed by atoms with Gasteiger partial charge in [-0.2, -0.15) is 0 Å². The van der Waals surface area contributed by atoms with Crippen LogP contribution in [0.4, 0.5) is 5.82 Å². The molecular weight excluding hydrogens is 209 g/mol. The van der Waals surface area contributed by atoms with Crippen molar-refractivity contribution in [2.75, 3.05) is 0 Å². The van der Waals surface area contributed by atoms with E-state index in [9.17, 15) is 0 Å². The maximum atomic E-state index is 5.86. The van der Waals surface area contributed by atoms with Crippen LogP contribution in [-0.2, 0) is 0 Å². The molecule has 0 radical (unpaired) electrons. The molecule has 1 heterocycles. The predicted octanol–water partition coefficient (Wildman–Crippen LogP) is 2.65. The quantitative estimate of drug-likeness (QED) is 0.469. The van der Waals surface area contributed by atoms with Gasteiger partial charge in [0.25, 0.3) is 0 Å². The van der Waals surface area contributed by atoms with Gasteiger partial charge in [0.1, 0.15) is 5.15 Å². The van der Waals surface area contributed by atoms with Gasteiger partial charge in [0.15, 0.2) is 5.82 Å². The van der Waals surface area contributed by atoms with E-state index in [0.29, 0.717) is 16.4 Å². The molecule has 68 valence electrons. The van der Waals surface area contributed by atoms with E-state index in [1.165, 1.54) is 6.07 Å². The Bertz CT molecular complexity index is 361. The number of rotatable bonds is 2. The van der Waals surface area contributed by atoms with Gasteiger partial charge in [0.05, 0.1) is 11.4 Å². The number of nitrogens with zero attached hydrogens (tertiary/aromatic N) is 2. The minimum absolute atomic E-state index is 0.274. The van der Waals surface area contributed by atoms with Crippen LogP contribution in [0.15, 0.2) is 17.6 Å². The van der Waals surface area contributed by atoms with E-state index >= 15 is 0 Å². The van der Waals surface area contributed by atoms with Crippen LogP contribution in [-0.4, -0.2) is 11.3 Å². The molecule has 1 aromatic rings. The van der Waals surface area contributed by atoms with E-state index in [1.807, 2.05) is 0 Å². The molecule has 0 aliphatic rings. The monoisotopic (exact) mass is 215 g/mol. The summed E-state index contributed by atoms with van der Waals surface area (Å²) in [6.07, 6.45) is 2.68. The molecule has 0 saturated heterocycles. The van der Waals surface area contributed by atoms with Gasteiger partial charge < -0.3 is 5.73 Å². The summed E-state index contributed by atoms with van der Waals surface area (Å²) in [5.74, 6) is 0.370. The van der Waals surface area contributed by atoms with Crippen molar-refractivity contribution < 1.29 is 0 Å². The largest absolute Gasteiger partial charge is 0.390 e. The van der Waals surface area contributed by atoms with Crippen LogP contribution in [0, 0.1) is 0 Å². The zero-order valence-electron chi connectivity index (χ0n) is 6.67. The van der Waals surface area contributed by atoms with Gasteiger partial charge >= 0.3 is 0 Å². The third-order valence-corrected chi connectivity index (χ3v) is 1.86.